The van der Waals surface area contributed by atoms with Crippen LogP contribution in [-0.4, -0.2) is 27.4 Å². The van der Waals surface area contributed by atoms with Crippen LogP contribution in [0.1, 0.15) is 38.1 Å². The summed E-state index contributed by atoms with van der Waals surface area (Å²) in [5, 5.41) is 2.56. The number of hydrogen-bond acceptors (Lipinski definition) is 4. The first kappa shape index (κ1) is 27.6. The molecule has 0 radical (unpaired) electrons. The Bertz CT molecular complexity index is 1000. The van der Waals surface area contributed by atoms with Gasteiger partial charge in [-0.1, -0.05) is 27.7 Å². The van der Waals surface area contributed by atoms with Gasteiger partial charge >= 0.3 is 0 Å². The highest BCUT2D eigenvalue weighted by Gasteiger charge is 2.37. The Kier molecular flexibility index (Phi) is 9.37. The van der Waals surface area contributed by atoms with Crippen molar-refractivity contribution in [3.05, 3.63) is 56.9 Å². The van der Waals surface area contributed by atoms with Gasteiger partial charge in [-0.3, -0.25) is 9.63 Å². The van der Waals surface area contributed by atoms with Gasteiger partial charge < -0.3 is 9.74 Å². The highest BCUT2D eigenvalue weighted by Crippen LogP contribution is 2.36. The molecule has 0 saturated heterocycles. The second kappa shape index (κ2) is 11.2. The average molecular weight is 594 g/mol. The van der Waals surface area contributed by atoms with Crippen molar-refractivity contribution in [2.45, 2.75) is 45.8 Å². The van der Waals surface area contributed by atoms with Crippen molar-refractivity contribution in [3.63, 3.8) is 0 Å². The van der Waals surface area contributed by atoms with Crippen LogP contribution in [0.2, 0.25) is 18.1 Å². The third-order valence-electron chi connectivity index (χ3n) is 5.60. The largest absolute Gasteiger partial charge is 0.416 e. The third-order valence-corrected chi connectivity index (χ3v) is 10.8. The minimum Gasteiger partial charge on any atom is -0.416 e. The molecule has 1 atom stereocenters. The molecule has 0 aliphatic heterocycles. The molecule has 0 aliphatic rings. The molecule has 33 heavy (non-hydrogen) atoms. The number of benzene rings is 2. The number of nitrogens with one attached hydrogen (secondary N) is 2. The molecule has 2 aromatic carbocycles. The summed E-state index contributed by atoms with van der Waals surface area (Å²) in [5.74, 6) is -3.93. The summed E-state index contributed by atoms with van der Waals surface area (Å²) in [6.45, 7) is 13.3. The third kappa shape index (κ3) is 7.43. The molecule has 2 aromatic rings. The number of hydroxylamine groups is 1. The van der Waals surface area contributed by atoms with Gasteiger partial charge in [0.25, 0.3) is 5.91 Å². The summed E-state index contributed by atoms with van der Waals surface area (Å²) >= 11 is 1.93. The van der Waals surface area contributed by atoms with Gasteiger partial charge in [0, 0.05) is 16.1 Å². The molecule has 1 amide bonds. The van der Waals surface area contributed by atoms with Gasteiger partial charge in [-0.05, 0) is 71.1 Å². The van der Waals surface area contributed by atoms with Crippen LogP contribution in [0.3, 0.4) is 0 Å². The highest BCUT2D eigenvalue weighted by atomic mass is 127. The maximum atomic E-state index is 14.5. The van der Waals surface area contributed by atoms with E-state index in [-0.39, 0.29) is 28.8 Å². The molecule has 10 heteroatoms. The average Bonchev–Trinajstić information content (AvgIpc) is 2.71. The minimum absolute atomic E-state index is 0.0112. The molecule has 0 aromatic heterocycles. The van der Waals surface area contributed by atoms with Crippen LogP contribution >= 0.6 is 22.6 Å². The molecule has 0 fully saturated rings. The number of hydrogen-bond donors (Lipinski definition) is 2. The zero-order valence-electron chi connectivity index (χ0n) is 19.6. The molecular weight excluding hydrogens is 564 g/mol. The molecule has 2 rings (SSSR count). The molecule has 0 spiro atoms. The fraction of sp³-hybridized carbons (Fsp3) is 0.435. The summed E-state index contributed by atoms with van der Waals surface area (Å²) in [5.41, 5.74) is 1.45. The predicted molar refractivity (Wildman–Crippen MR) is 134 cm³/mol. The lowest BCUT2D eigenvalue weighted by atomic mass is 10.1. The molecule has 0 aliphatic carbocycles. The fourth-order valence-corrected chi connectivity index (χ4v) is 4.09. The Morgan fingerprint density at radius 3 is 2.36 bits per heavy atom. The van der Waals surface area contributed by atoms with Crippen molar-refractivity contribution >= 4 is 48.2 Å². The fourth-order valence-electron chi connectivity index (χ4n) is 2.51. The van der Waals surface area contributed by atoms with E-state index in [0.717, 1.165) is 12.1 Å². The van der Waals surface area contributed by atoms with Crippen molar-refractivity contribution in [1.29, 1.82) is 0 Å². The Morgan fingerprint density at radius 1 is 1.09 bits per heavy atom. The first-order chi connectivity index (χ1) is 15.2. The number of amides is 1. The summed E-state index contributed by atoms with van der Waals surface area (Å²) in [6.07, 6.45) is 0. The van der Waals surface area contributed by atoms with E-state index in [0.29, 0.717) is 10.2 Å². The number of carbonyl (C=O) groups excluding carboxylic acids is 1. The van der Waals surface area contributed by atoms with Crippen LogP contribution in [0.15, 0.2) is 30.3 Å². The lowest BCUT2D eigenvalue weighted by Crippen LogP contribution is -2.42. The van der Waals surface area contributed by atoms with Crippen LogP contribution in [0.4, 0.5) is 24.5 Å². The van der Waals surface area contributed by atoms with E-state index >= 15 is 0 Å². The van der Waals surface area contributed by atoms with Crippen LogP contribution in [-0.2, 0) is 9.26 Å². The molecule has 182 valence electrons. The molecule has 2 N–H and O–H groups in total. The van der Waals surface area contributed by atoms with Crippen molar-refractivity contribution in [1.82, 2.24) is 5.48 Å². The number of anilines is 2. The first-order valence-corrected chi connectivity index (χ1v) is 14.5. The second-order valence-corrected chi connectivity index (χ2v) is 15.5. The van der Waals surface area contributed by atoms with E-state index in [9.17, 15) is 18.0 Å². The van der Waals surface area contributed by atoms with Crippen LogP contribution in [0.5, 0.6) is 0 Å². The van der Waals surface area contributed by atoms with E-state index in [1.165, 1.54) is 12.1 Å². The lowest BCUT2D eigenvalue weighted by molar-refractivity contribution is 0.0110. The van der Waals surface area contributed by atoms with E-state index < -0.39 is 37.4 Å². The zero-order chi connectivity index (χ0) is 25.0. The Balaban J connectivity index is 2.04. The molecule has 0 saturated carbocycles. The van der Waals surface area contributed by atoms with Crippen LogP contribution in [0.25, 0.3) is 0 Å². The van der Waals surface area contributed by atoms with Gasteiger partial charge in [0.1, 0.15) is 5.82 Å². The molecule has 0 heterocycles. The number of halogens is 4. The maximum absolute atomic E-state index is 14.5. The van der Waals surface area contributed by atoms with Gasteiger partial charge in [0.2, 0.25) is 0 Å². The van der Waals surface area contributed by atoms with Gasteiger partial charge in [-0.25, -0.2) is 18.7 Å². The monoisotopic (exact) mass is 594 g/mol. The minimum atomic E-state index is -1.91. The zero-order valence-corrected chi connectivity index (χ0v) is 22.8. The van der Waals surface area contributed by atoms with Crippen LogP contribution in [0, 0.1) is 26.9 Å². The van der Waals surface area contributed by atoms with Gasteiger partial charge in [-0.15, -0.1) is 0 Å². The smallest absolute Gasteiger partial charge is 0.277 e. The summed E-state index contributed by atoms with van der Waals surface area (Å²) in [6, 6.07) is 6.14. The number of carbonyl (C=O) groups is 1. The number of rotatable bonds is 9. The van der Waals surface area contributed by atoms with Crippen molar-refractivity contribution in [2.24, 2.45) is 5.92 Å². The SMILES string of the molecule is C[C@@H](CONC(=O)c1ccc(F)c(F)c1Nc1ccc(I)cc1F)CO[Si](C)(C)C(C)(C)C. The van der Waals surface area contributed by atoms with E-state index in [1.54, 1.807) is 6.07 Å². The van der Waals surface area contributed by atoms with E-state index in [4.69, 9.17) is 9.26 Å². The van der Waals surface area contributed by atoms with Gasteiger partial charge in [0.05, 0.1) is 23.5 Å². The summed E-state index contributed by atoms with van der Waals surface area (Å²) in [7, 11) is -1.91. The van der Waals surface area contributed by atoms with Crippen molar-refractivity contribution < 1.29 is 27.2 Å². The lowest BCUT2D eigenvalue weighted by Gasteiger charge is -2.36. The topological polar surface area (TPSA) is 59.6 Å². The molecular formula is C23H30F3IN2O3Si. The quantitative estimate of drug-likeness (QED) is 0.191. The molecule has 5 nitrogen and oxygen atoms in total. The van der Waals surface area contributed by atoms with Crippen molar-refractivity contribution in [2.75, 3.05) is 18.5 Å². The Morgan fingerprint density at radius 2 is 1.76 bits per heavy atom. The Labute approximate surface area is 207 Å². The van der Waals surface area contributed by atoms with Crippen LogP contribution < -0.4 is 10.8 Å². The standard InChI is InChI=1S/C23H30F3IN2O3Si/c1-14(13-32-33(5,6)23(2,3)4)12-31-29-22(30)16-8-9-17(24)20(26)21(16)28-19-10-7-15(27)11-18(19)25/h7-11,14,28H,12-13H2,1-6H3,(H,29,30)/t14-/m0/s1. The van der Waals surface area contributed by atoms with E-state index in [2.05, 4.69) is 44.7 Å². The molecule has 0 bridgehead atoms. The second-order valence-electron chi connectivity index (χ2n) is 9.45. The van der Waals surface area contributed by atoms with E-state index in [1.807, 2.05) is 29.5 Å². The van der Waals surface area contributed by atoms with Gasteiger partial charge in [0.15, 0.2) is 20.0 Å². The predicted octanol–water partition coefficient (Wildman–Crippen LogP) is 6.77. The van der Waals surface area contributed by atoms with Crippen molar-refractivity contribution in [3.8, 4) is 0 Å². The summed E-state index contributed by atoms with van der Waals surface area (Å²) in [4.78, 5) is 17.9. The Hall–Kier alpha value is -1.63. The maximum Gasteiger partial charge on any atom is 0.277 e. The molecule has 0 unspecified atom stereocenters. The normalized spacial score (nSPS) is 13.0. The summed E-state index contributed by atoms with van der Waals surface area (Å²) < 4.78 is 49.3. The first-order valence-electron chi connectivity index (χ1n) is 10.5. The van der Waals surface area contributed by atoms with Gasteiger partial charge in [-0.2, -0.15) is 0 Å². The highest BCUT2D eigenvalue weighted by molar-refractivity contribution is 14.1.